The number of ether oxygens (including phenoxy) is 1. The molecule has 4 nitrogen and oxygen atoms in total. The minimum atomic E-state index is -0.0285. The van der Waals surface area contributed by atoms with E-state index in [0.29, 0.717) is 6.54 Å². The Kier molecular flexibility index (Phi) is 7.49. The number of rotatable bonds is 7. The average molecular weight is 378 g/mol. The van der Waals surface area contributed by atoms with Gasteiger partial charge in [0.15, 0.2) is 0 Å². The van der Waals surface area contributed by atoms with Crippen LogP contribution in [-0.4, -0.2) is 25.1 Å². The van der Waals surface area contributed by atoms with Gasteiger partial charge in [-0.15, -0.1) is 12.4 Å². The number of hydrogen-bond donors (Lipinski definition) is 2. The zero-order valence-electron chi connectivity index (χ0n) is 12.3. The van der Waals surface area contributed by atoms with E-state index in [9.17, 15) is 4.79 Å². The largest absolute Gasteiger partial charge is 0.491 e. The fourth-order valence-corrected chi connectivity index (χ4v) is 2.36. The Bertz CT molecular complexity index is 479. The molecule has 1 aliphatic carbocycles. The number of carbonyl (C=O) groups excluding carboxylic acids is 1. The van der Waals surface area contributed by atoms with Crippen LogP contribution in [0.4, 0.5) is 5.69 Å². The molecule has 21 heavy (non-hydrogen) atoms. The number of amides is 1. The van der Waals surface area contributed by atoms with E-state index in [1.807, 2.05) is 32.0 Å². The van der Waals surface area contributed by atoms with Crippen molar-refractivity contribution in [1.29, 1.82) is 0 Å². The molecule has 118 valence electrons. The molecular formula is C15H22BrClN2O2. The first-order valence-corrected chi connectivity index (χ1v) is 7.80. The van der Waals surface area contributed by atoms with Crippen LogP contribution in [0.3, 0.4) is 0 Å². The van der Waals surface area contributed by atoms with Crippen molar-refractivity contribution in [3.63, 3.8) is 0 Å². The summed E-state index contributed by atoms with van der Waals surface area (Å²) in [6.07, 6.45) is 2.68. The van der Waals surface area contributed by atoms with E-state index in [4.69, 9.17) is 4.74 Å². The zero-order valence-corrected chi connectivity index (χ0v) is 14.7. The van der Waals surface area contributed by atoms with Crippen LogP contribution in [0.15, 0.2) is 22.7 Å². The lowest BCUT2D eigenvalue weighted by Gasteiger charge is -2.12. The summed E-state index contributed by atoms with van der Waals surface area (Å²) in [4.78, 5) is 11.8. The number of halogens is 2. The fraction of sp³-hybridized carbons (Fsp3) is 0.533. The molecule has 6 heteroatoms. The molecule has 0 aromatic heterocycles. The van der Waals surface area contributed by atoms with Crippen molar-refractivity contribution < 1.29 is 9.53 Å². The molecule has 0 radical (unpaired) electrons. The summed E-state index contributed by atoms with van der Waals surface area (Å²) in [6, 6.07) is 5.59. The van der Waals surface area contributed by atoms with Crippen molar-refractivity contribution in [2.75, 3.05) is 18.4 Å². The second-order valence-corrected chi connectivity index (χ2v) is 6.38. The minimum Gasteiger partial charge on any atom is -0.491 e. The summed E-state index contributed by atoms with van der Waals surface area (Å²) in [5.41, 5.74) is 0.744. The molecule has 1 aromatic carbocycles. The Hall–Kier alpha value is -0.780. The fourth-order valence-electron chi connectivity index (χ4n) is 1.89. The lowest BCUT2D eigenvalue weighted by Crippen LogP contribution is -2.29. The average Bonchev–Trinajstić information content (AvgIpc) is 3.10. The van der Waals surface area contributed by atoms with Crippen LogP contribution in [-0.2, 0) is 4.79 Å². The number of nitrogens with one attached hydrogen (secondary N) is 2. The molecular weight excluding hydrogens is 356 g/mol. The first kappa shape index (κ1) is 18.3. The standard InChI is InChI=1S/C15H21BrN2O2.ClH/c1-10(2)20-14-6-12(16)5-13(7-14)18-15(19)9-17-8-11-3-4-11;/h5-7,10-11,17H,3-4,8-9H2,1-2H3,(H,18,19);1H. The Morgan fingerprint density at radius 2 is 2.10 bits per heavy atom. The summed E-state index contributed by atoms with van der Waals surface area (Å²) in [7, 11) is 0. The van der Waals surface area contributed by atoms with Crippen molar-refractivity contribution in [1.82, 2.24) is 5.32 Å². The normalized spacial score (nSPS) is 13.7. The maximum atomic E-state index is 11.8. The molecule has 0 atom stereocenters. The van der Waals surface area contributed by atoms with E-state index in [2.05, 4.69) is 26.6 Å². The highest BCUT2D eigenvalue weighted by atomic mass is 79.9. The molecule has 1 amide bonds. The maximum absolute atomic E-state index is 11.8. The zero-order chi connectivity index (χ0) is 14.5. The van der Waals surface area contributed by atoms with Gasteiger partial charge in [-0.1, -0.05) is 15.9 Å². The molecule has 1 saturated carbocycles. The first-order valence-electron chi connectivity index (χ1n) is 7.01. The topological polar surface area (TPSA) is 50.4 Å². The van der Waals surface area contributed by atoms with E-state index < -0.39 is 0 Å². The van der Waals surface area contributed by atoms with Gasteiger partial charge in [0, 0.05) is 16.2 Å². The number of benzene rings is 1. The van der Waals surface area contributed by atoms with Crippen LogP contribution in [0.2, 0.25) is 0 Å². The van der Waals surface area contributed by atoms with Gasteiger partial charge < -0.3 is 15.4 Å². The third kappa shape index (κ3) is 7.16. The summed E-state index contributed by atoms with van der Waals surface area (Å²) in [6.45, 7) is 5.24. The Labute approximate surface area is 140 Å². The van der Waals surface area contributed by atoms with E-state index in [1.54, 1.807) is 0 Å². The highest BCUT2D eigenvalue weighted by Crippen LogP contribution is 2.27. The van der Waals surface area contributed by atoms with Crippen LogP contribution >= 0.6 is 28.3 Å². The smallest absolute Gasteiger partial charge is 0.238 e. The van der Waals surface area contributed by atoms with Crippen molar-refractivity contribution in [3.05, 3.63) is 22.7 Å². The predicted octanol–water partition coefficient (Wildman–Crippen LogP) is 3.60. The van der Waals surface area contributed by atoms with Gasteiger partial charge in [-0.2, -0.15) is 0 Å². The lowest BCUT2D eigenvalue weighted by atomic mass is 10.3. The van der Waals surface area contributed by atoms with Gasteiger partial charge in [-0.3, -0.25) is 4.79 Å². The molecule has 0 heterocycles. The van der Waals surface area contributed by atoms with Gasteiger partial charge in [-0.05, 0) is 51.3 Å². The third-order valence-electron chi connectivity index (χ3n) is 2.94. The van der Waals surface area contributed by atoms with Gasteiger partial charge in [0.05, 0.1) is 12.6 Å². The van der Waals surface area contributed by atoms with E-state index in [-0.39, 0.29) is 24.4 Å². The van der Waals surface area contributed by atoms with Crippen LogP contribution in [0.25, 0.3) is 0 Å². The highest BCUT2D eigenvalue weighted by molar-refractivity contribution is 9.10. The van der Waals surface area contributed by atoms with Gasteiger partial charge in [-0.25, -0.2) is 0 Å². The van der Waals surface area contributed by atoms with Crippen molar-refractivity contribution in [2.45, 2.75) is 32.8 Å². The molecule has 2 N–H and O–H groups in total. The van der Waals surface area contributed by atoms with Crippen molar-refractivity contribution in [2.24, 2.45) is 5.92 Å². The summed E-state index contributed by atoms with van der Waals surface area (Å²) in [5.74, 6) is 1.49. The van der Waals surface area contributed by atoms with Crippen LogP contribution < -0.4 is 15.4 Å². The second-order valence-electron chi connectivity index (χ2n) is 5.46. The monoisotopic (exact) mass is 376 g/mol. The van der Waals surface area contributed by atoms with Crippen molar-refractivity contribution in [3.8, 4) is 5.75 Å². The van der Waals surface area contributed by atoms with Crippen LogP contribution in [0, 0.1) is 5.92 Å². The van der Waals surface area contributed by atoms with Crippen molar-refractivity contribution >= 4 is 39.9 Å². The van der Waals surface area contributed by atoms with Gasteiger partial charge in [0.25, 0.3) is 0 Å². The molecule has 0 bridgehead atoms. The molecule has 0 aliphatic heterocycles. The van der Waals surface area contributed by atoms with E-state index in [1.165, 1.54) is 12.8 Å². The summed E-state index contributed by atoms with van der Waals surface area (Å²) in [5, 5.41) is 6.05. The van der Waals surface area contributed by atoms with Gasteiger partial charge in [0.1, 0.15) is 5.75 Å². The molecule has 1 fully saturated rings. The predicted molar refractivity (Wildman–Crippen MR) is 91.4 cm³/mol. The van der Waals surface area contributed by atoms with E-state index in [0.717, 1.165) is 28.4 Å². The Balaban J connectivity index is 0.00000220. The molecule has 1 aromatic rings. The van der Waals surface area contributed by atoms with Crippen LogP contribution in [0.5, 0.6) is 5.75 Å². The van der Waals surface area contributed by atoms with E-state index >= 15 is 0 Å². The van der Waals surface area contributed by atoms with Gasteiger partial charge in [0.2, 0.25) is 5.91 Å². The Morgan fingerprint density at radius 3 is 2.71 bits per heavy atom. The Morgan fingerprint density at radius 1 is 1.38 bits per heavy atom. The second kappa shape index (κ2) is 8.61. The molecule has 0 saturated heterocycles. The lowest BCUT2D eigenvalue weighted by molar-refractivity contribution is -0.115. The molecule has 0 unspecified atom stereocenters. The SMILES string of the molecule is CC(C)Oc1cc(Br)cc(NC(=O)CNCC2CC2)c1.Cl. The minimum absolute atomic E-state index is 0. The van der Waals surface area contributed by atoms with Crippen LogP contribution in [0.1, 0.15) is 26.7 Å². The molecule has 1 aliphatic rings. The third-order valence-corrected chi connectivity index (χ3v) is 3.40. The number of carbonyl (C=O) groups is 1. The summed E-state index contributed by atoms with van der Waals surface area (Å²) >= 11 is 3.43. The first-order chi connectivity index (χ1) is 9.52. The molecule has 2 rings (SSSR count). The number of anilines is 1. The maximum Gasteiger partial charge on any atom is 0.238 e. The quantitative estimate of drug-likeness (QED) is 0.763. The molecule has 0 spiro atoms. The highest BCUT2D eigenvalue weighted by Gasteiger charge is 2.20. The summed E-state index contributed by atoms with van der Waals surface area (Å²) < 4.78 is 6.53. The number of hydrogen-bond acceptors (Lipinski definition) is 3. The van der Waals surface area contributed by atoms with Gasteiger partial charge >= 0.3 is 0 Å².